The number of anilines is 1. The van der Waals surface area contributed by atoms with Crippen molar-refractivity contribution >= 4 is 5.82 Å². The molecule has 1 aliphatic rings. The van der Waals surface area contributed by atoms with Crippen molar-refractivity contribution in [3.8, 4) is 0 Å². The highest BCUT2D eigenvalue weighted by Gasteiger charge is 2.37. The first kappa shape index (κ1) is 13.9. The van der Waals surface area contributed by atoms with Crippen molar-refractivity contribution in [2.75, 3.05) is 25.0 Å². The first-order valence-corrected chi connectivity index (χ1v) is 6.11. The Morgan fingerprint density at radius 1 is 1.37 bits per heavy atom. The van der Waals surface area contributed by atoms with E-state index >= 15 is 0 Å². The summed E-state index contributed by atoms with van der Waals surface area (Å²) in [6, 6.07) is 0.703. The Hall–Kier alpha value is -1.50. The SMILES string of the molecule is CN1CCn2c1c(CCCN)c(C(F)(F)F)cc2=O. The minimum atomic E-state index is -4.51. The summed E-state index contributed by atoms with van der Waals surface area (Å²) in [6.07, 6.45) is -3.82. The van der Waals surface area contributed by atoms with Crippen LogP contribution in [0.4, 0.5) is 19.0 Å². The lowest BCUT2D eigenvalue weighted by Gasteiger charge is -2.20. The summed E-state index contributed by atoms with van der Waals surface area (Å²) in [6.45, 7) is 1.30. The number of hydrogen-bond donors (Lipinski definition) is 1. The molecule has 2 rings (SSSR count). The van der Waals surface area contributed by atoms with Gasteiger partial charge in [0.05, 0.1) is 5.56 Å². The number of halogens is 3. The van der Waals surface area contributed by atoms with Gasteiger partial charge in [0.25, 0.3) is 5.56 Å². The number of fused-ring (bicyclic) bond motifs is 1. The molecule has 0 saturated heterocycles. The van der Waals surface area contributed by atoms with Crippen molar-refractivity contribution in [1.82, 2.24) is 4.57 Å². The van der Waals surface area contributed by atoms with Gasteiger partial charge in [-0.25, -0.2) is 0 Å². The molecule has 2 heterocycles. The van der Waals surface area contributed by atoms with Crippen molar-refractivity contribution in [2.45, 2.75) is 25.6 Å². The van der Waals surface area contributed by atoms with Gasteiger partial charge in [0.1, 0.15) is 5.82 Å². The highest BCUT2D eigenvalue weighted by Crippen LogP contribution is 2.36. The van der Waals surface area contributed by atoms with E-state index in [1.165, 1.54) is 4.57 Å². The summed E-state index contributed by atoms with van der Waals surface area (Å²) in [5, 5.41) is 0. The molecule has 2 N–H and O–H groups in total. The van der Waals surface area contributed by atoms with Crippen molar-refractivity contribution in [2.24, 2.45) is 5.73 Å². The maximum absolute atomic E-state index is 13.1. The molecule has 1 aliphatic heterocycles. The van der Waals surface area contributed by atoms with Crippen LogP contribution in [0.15, 0.2) is 10.9 Å². The smallest absolute Gasteiger partial charge is 0.359 e. The lowest BCUT2D eigenvalue weighted by Crippen LogP contribution is -2.25. The highest BCUT2D eigenvalue weighted by molar-refractivity contribution is 5.54. The molecule has 0 aliphatic carbocycles. The molecule has 7 heteroatoms. The molecule has 0 amide bonds. The molecule has 19 heavy (non-hydrogen) atoms. The quantitative estimate of drug-likeness (QED) is 0.902. The second-order valence-electron chi connectivity index (χ2n) is 4.66. The van der Waals surface area contributed by atoms with E-state index in [1.807, 2.05) is 0 Å². The zero-order valence-electron chi connectivity index (χ0n) is 10.6. The fraction of sp³-hybridized carbons (Fsp3) is 0.583. The first-order valence-electron chi connectivity index (χ1n) is 6.11. The van der Waals surface area contributed by atoms with Crippen molar-refractivity contribution < 1.29 is 13.2 Å². The standard InChI is InChI=1S/C12H16F3N3O/c1-17-5-6-18-10(19)7-9(12(13,14)15)8(11(17)18)3-2-4-16/h7H,2-6,16H2,1H3. The summed E-state index contributed by atoms with van der Waals surface area (Å²) in [5.74, 6) is 0.383. The minimum Gasteiger partial charge on any atom is -0.359 e. The van der Waals surface area contributed by atoms with Crippen LogP contribution in [0.25, 0.3) is 0 Å². The van der Waals surface area contributed by atoms with Gasteiger partial charge in [-0.1, -0.05) is 0 Å². The fourth-order valence-electron chi connectivity index (χ4n) is 2.46. The van der Waals surface area contributed by atoms with E-state index in [1.54, 1.807) is 11.9 Å². The second-order valence-corrected chi connectivity index (χ2v) is 4.66. The molecule has 0 spiro atoms. The molecule has 0 aromatic carbocycles. The number of aromatic nitrogens is 1. The van der Waals surface area contributed by atoms with Crippen LogP contribution in [0.2, 0.25) is 0 Å². The van der Waals surface area contributed by atoms with Crippen LogP contribution in [-0.4, -0.2) is 24.7 Å². The monoisotopic (exact) mass is 275 g/mol. The minimum absolute atomic E-state index is 0.178. The van der Waals surface area contributed by atoms with Gasteiger partial charge in [-0.3, -0.25) is 9.36 Å². The Kier molecular flexibility index (Phi) is 3.58. The van der Waals surface area contributed by atoms with E-state index in [0.717, 1.165) is 0 Å². The van der Waals surface area contributed by atoms with Gasteiger partial charge in [0.2, 0.25) is 0 Å². The lowest BCUT2D eigenvalue weighted by atomic mass is 10.0. The summed E-state index contributed by atoms with van der Waals surface area (Å²) < 4.78 is 40.6. The number of nitrogens with two attached hydrogens (primary N) is 1. The Labute approximate surface area is 108 Å². The Morgan fingerprint density at radius 3 is 2.63 bits per heavy atom. The predicted molar refractivity (Wildman–Crippen MR) is 66.3 cm³/mol. The van der Waals surface area contributed by atoms with Crippen LogP contribution in [0, 0.1) is 0 Å². The van der Waals surface area contributed by atoms with Crippen LogP contribution in [0.5, 0.6) is 0 Å². The molecule has 1 aromatic rings. The third-order valence-corrected chi connectivity index (χ3v) is 3.34. The summed E-state index contributed by atoms with van der Waals surface area (Å²) >= 11 is 0. The van der Waals surface area contributed by atoms with Gasteiger partial charge in [-0.2, -0.15) is 13.2 Å². The Morgan fingerprint density at radius 2 is 2.05 bits per heavy atom. The van der Waals surface area contributed by atoms with E-state index in [2.05, 4.69) is 0 Å². The molecule has 0 fully saturated rings. The molecular formula is C12H16F3N3O. The topological polar surface area (TPSA) is 51.3 Å². The number of pyridine rings is 1. The molecule has 0 unspecified atom stereocenters. The highest BCUT2D eigenvalue weighted by atomic mass is 19.4. The molecule has 106 valence electrons. The Bertz CT molecular complexity index is 536. The van der Waals surface area contributed by atoms with Gasteiger partial charge in [0, 0.05) is 31.8 Å². The summed E-state index contributed by atoms with van der Waals surface area (Å²) in [4.78, 5) is 13.5. The van der Waals surface area contributed by atoms with Crippen molar-refractivity contribution in [3.05, 3.63) is 27.5 Å². The normalized spacial score (nSPS) is 14.9. The third kappa shape index (κ3) is 2.47. The Balaban J connectivity index is 2.64. The average molecular weight is 275 g/mol. The van der Waals surface area contributed by atoms with Crippen LogP contribution in [0.1, 0.15) is 17.5 Å². The number of hydrogen-bond acceptors (Lipinski definition) is 3. The maximum atomic E-state index is 13.1. The van der Waals surface area contributed by atoms with E-state index in [-0.39, 0.29) is 12.0 Å². The number of rotatable bonds is 3. The van der Waals surface area contributed by atoms with Gasteiger partial charge >= 0.3 is 6.18 Å². The van der Waals surface area contributed by atoms with Crippen molar-refractivity contribution in [1.29, 1.82) is 0 Å². The molecule has 1 aromatic heterocycles. The summed E-state index contributed by atoms with van der Waals surface area (Å²) in [5.41, 5.74) is 4.14. The number of nitrogens with zero attached hydrogens (tertiary/aromatic N) is 2. The van der Waals surface area contributed by atoms with Gasteiger partial charge in [-0.15, -0.1) is 0 Å². The summed E-state index contributed by atoms with van der Waals surface area (Å²) in [7, 11) is 1.70. The predicted octanol–water partition coefficient (Wildman–Crippen LogP) is 1.21. The lowest BCUT2D eigenvalue weighted by molar-refractivity contribution is -0.138. The molecule has 0 radical (unpaired) electrons. The van der Waals surface area contributed by atoms with E-state index in [4.69, 9.17) is 5.73 Å². The molecule has 0 atom stereocenters. The zero-order valence-corrected chi connectivity index (χ0v) is 10.6. The molecule has 0 bridgehead atoms. The fourth-order valence-corrected chi connectivity index (χ4v) is 2.46. The molecule has 0 saturated carbocycles. The van der Waals surface area contributed by atoms with E-state index < -0.39 is 17.3 Å². The van der Waals surface area contributed by atoms with Gasteiger partial charge in [0.15, 0.2) is 0 Å². The number of alkyl halides is 3. The van der Waals surface area contributed by atoms with Crippen molar-refractivity contribution in [3.63, 3.8) is 0 Å². The van der Waals surface area contributed by atoms with Crippen LogP contribution in [-0.2, 0) is 19.1 Å². The largest absolute Gasteiger partial charge is 0.417 e. The first-order chi connectivity index (χ1) is 8.86. The molecule has 4 nitrogen and oxygen atoms in total. The van der Waals surface area contributed by atoms with Crippen LogP contribution < -0.4 is 16.2 Å². The van der Waals surface area contributed by atoms with Gasteiger partial charge < -0.3 is 10.6 Å². The van der Waals surface area contributed by atoms with E-state index in [9.17, 15) is 18.0 Å². The maximum Gasteiger partial charge on any atom is 0.417 e. The average Bonchev–Trinajstić information content (AvgIpc) is 2.70. The van der Waals surface area contributed by atoms with Crippen LogP contribution >= 0.6 is 0 Å². The second kappa shape index (κ2) is 4.88. The number of likely N-dealkylation sites (N-methyl/N-ethyl adjacent to an activating group) is 1. The van der Waals surface area contributed by atoms with E-state index in [0.29, 0.717) is 37.9 Å². The molecular weight excluding hydrogens is 259 g/mol. The van der Waals surface area contributed by atoms with Gasteiger partial charge in [-0.05, 0) is 19.4 Å². The van der Waals surface area contributed by atoms with Crippen LogP contribution in [0.3, 0.4) is 0 Å². The zero-order chi connectivity index (χ0) is 14.2. The third-order valence-electron chi connectivity index (χ3n) is 3.34.